The third-order valence-electron chi connectivity index (χ3n) is 2.93. The van der Waals surface area contributed by atoms with Crippen LogP contribution in [0.4, 0.5) is 8.78 Å². The van der Waals surface area contributed by atoms with Gasteiger partial charge in [-0.05, 0) is 13.8 Å². The Kier molecular flexibility index (Phi) is 3.78. The Morgan fingerprint density at radius 3 is 2.65 bits per heavy atom. The van der Waals surface area contributed by atoms with Gasteiger partial charge in [0.25, 0.3) is 5.91 Å². The molecule has 0 bridgehead atoms. The van der Waals surface area contributed by atoms with Crippen molar-refractivity contribution in [2.75, 3.05) is 7.05 Å². The number of aryl methyl sites for hydroxylation is 2. The molecule has 2 heterocycles. The van der Waals surface area contributed by atoms with E-state index in [1.54, 1.807) is 13.8 Å². The molecule has 0 saturated carbocycles. The van der Waals surface area contributed by atoms with Gasteiger partial charge in [0, 0.05) is 18.7 Å². The van der Waals surface area contributed by atoms with Gasteiger partial charge >= 0.3 is 0 Å². The zero-order valence-corrected chi connectivity index (χ0v) is 11.3. The molecule has 20 heavy (non-hydrogen) atoms. The molecule has 0 fully saturated rings. The number of amides is 1. The van der Waals surface area contributed by atoms with Crippen LogP contribution < -0.4 is 0 Å². The van der Waals surface area contributed by atoms with Crippen LogP contribution in [0.3, 0.4) is 0 Å². The van der Waals surface area contributed by atoms with Crippen molar-refractivity contribution in [2.24, 2.45) is 0 Å². The van der Waals surface area contributed by atoms with Crippen molar-refractivity contribution < 1.29 is 18.1 Å². The molecule has 2 aromatic rings. The maximum Gasteiger partial charge on any atom is 0.275 e. The summed E-state index contributed by atoms with van der Waals surface area (Å²) in [6, 6.07) is 0.629. The lowest BCUT2D eigenvalue weighted by Gasteiger charge is -2.16. The fourth-order valence-corrected chi connectivity index (χ4v) is 1.79. The minimum absolute atomic E-state index is 0.207. The Hall–Kier alpha value is -2.31. The third-order valence-corrected chi connectivity index (χ3v) is 2.93. The monoisotopic (exact) mass is 281 g/mol. The highest BCUT2D eigenvalue weighted by molar-refractivity contribution is 5.92. The molecular weight excluding hydrogens is 268 g/mol. The molecule has 0 saturated heterocycles. The summed E-state index contributed by atoms with van der Waals surface area (Å²) in [5, 5.41) is 3.78. The van der Waals surface area contributed by atoms with Gasteiger partial charge in [0.2, 0.25) is 0 Å². The predicted octanol–water partition coefficient (Wildman–Crippen LogP) is 2.24. The van der Waals surface area contributed by atoms with Gasteiger partial charge in [-0.15, -0.1) is 0 Å². The zero-order valence-electron chi connectivity index (χ0n) is 11.3. The number of pyridine rings is 1. The summed E-state index contributed by atoms with van der Waals surface area (Å²) in [5.41, 5.74) is 0.999. The molecule has 0 aliphatic heterocycles. The Labute approximate surface area is 114 Å². The highest BCUT2D eigenvalue weighted by Crippen LogP contribution is 2.16. The maximum atomic E-state index is 13.5. The largest absolute Gasteiger partial charge is 0.361 e. The van der Waals surface area contributed by atoms with Gasteiger partial charge in [-0.25, -0.2) is 13.8 Å². The van der Waals surface area contributed by atoms with Crippen LogP contribution in [0.2, 0.25) is 0 Å². The molecule has 0 N–H and O–H groups in total. The second-order valence-corrected chi connectivity index (χ2v) is 4.45. The minimum Gasteiger partial charge on any atom is -0.361 e. The fourth-order valence-electron chi connectivity index (χ4n) is 1.79. The molecule has 0 atom stereocenters. The van der Waals surface area contributed by atoms with Crippen molar-refractivity contribution in [3.8, 4) is 0 Å². The van der Waals surface area contributed by atoms with E-state index in [0.717, 1.165) is 11.8 Å². The van der Waals surface area contributed by atoms with Gasteiger partial charge in [-0.1, -0.05) is 5.16 Å². The number of hydrogen-bond donors (Lipinski definition) is 0. The Morgan fingerprint density at radius 1 is 1.40 bits per heavy atom. The van der Waals surface area contributed by atoms with E-state index in [1.807, 2.05) is 0 Å². The molecule has 0 unspecified atom stereocenters. The number of nitrogens with zero attached hydrogens (tertiary/aromatic N) is 3. The summed E-state index contributed by atoms with van der Waals surface area (Å²) in [4.78, 5) is 16.8. The normalized spacial score (nSPS) is 10.7. The number of aromatic nitrogens is 2. The molecule has 0 aromatic carbocycles. The van der Waals surface area contributed by atoms with Crippen molar-refractivity contribution in [1.29, 1.82) is 0 Å². The molecule has 0 aliphatic rings. The number of halogens is 2. The number of hydrogen-bond acceptors (Lipinski definition) is 4. The minimum atomic E-state index is -0.986. The van der Waals surface area contributed by atoms with Crippen molar-refractivity contribution in [1.82, 2.24) is 15.0 Å². The van der Waals surface area contributed by atoms with Gasteiger partial charge in [-0.2, -0.15) is 0 Å². The number of carbonyl (C=O) groups is 1. The lowest BCUT2D eigenvalue weighted by molar-refractivity contribution is 0.0773. The van der Waals surface area contributed by atoms with Crippen LogP contribution in [-0.2, 0) is 6.54 Å². The smallest absolute Gasteiger partial charge is 0.275 e. The summed E-state index contributed by atoms with van der Waals surface area (Å²) >= 11 is 0. The first-order valence-electron chi connectivity index (χ1n) is 5.88. The zero-order chi connectivity index (χ0) is 14.9. The first kappa shape index (κ1) is 14.1. The van der Waals surface area contributed by atoms with E-state index in [2.05, 4.69) is 10.1 Å². The SMILES string of the molecule is Cc1noc(C)c1CN(C)C(=O)c1ncc(F)cc1F. The maximum absolute atomic E-state index is 13.5. The highest BCUT2D eigenvalue weighted by Gasteiger charge is 2.21. The molecular formula is C13H13F2N3O2. The van der Waals surface area contributed by atoms with Crippen molar-refractivity contribution in [3.05, 3.63) is 46.6 Å². The fraction of sp³-hybridized carbons (Fsp3) is 0.308. The van der Waals surface area contributed by atoms with E-state index in [4.69, 9.17) is 4.52 Å². The lowest BCUT2D eigenvalue weighted by atomic mass is 10.2. The quantitative estimate of drug-likeness (QED) is 0.865. The van der Waals surface area contributed by atoms with Gasteiger partial charge in [0.05, 0.1) is 18.4 Å². The molecule has 1 amide bonds. The van der Waals surface area contributed by atoms with Crippen LogP contribution in [-0.4, -0.2) is 28.0 Å². The first-order valence-corrected chi connectivity index (χ1v) is 5.88. The lowest BCUT2D eigenvalue weighted by Crippen LogP contribution is -2.28. The summed E-state index contributed by atoms with van der Waals surface area (Å²) in [5.74, 6) is -1.86. The van der Waals surface area contributed by atoms with Crippen LogP contribution >= 0.6 is 0 Å². The van der Waals surface area contributed by atoms with Crippen LogP contribution in [0, 0.1) is 25.5 Å². The molecule has 2 rings (SSSR count). The highest BCUT2D eigenvalue weighted by atomic mass is 19.1. The Morgan fingerprint density at radius 2 is 2.10 bits per heavy atom. The third kappa shape index (κ3) is 2.66. The van der Waals surface area contributed by atoms with Gasteiger partial charge in [0.15, 0.2) is 11.5 Å². The predicted molar refractivity (Wildman–Crippen MR) is 65.9 cm³/mol. The Bertz CT molecular complexity index is 636. The summed E-state index contributed by atoms with van der Waals surface area (Å²) < 4.78 is 31.3. The van der Waals surface area contributed by atoms with Crippen molar-refractivity contribution >= 4 is 5.91 Å². The first-order chi connectivity index (χ1) is 9.40. The van der Waals surface area contributed by atoms with E-state index in [9.17, 15) is 13.6 Å². The van der Waals surface area contributed by atoms with E-state index in [0.29, 0.717) is 17.5 Å². The molecule has 106 valence electrons. The van der Waals surface area contributed by atoms with Crippen LogP contribution in [0.5, 0.6) is 0 Å². The molecule has 2 aromatic heterocycles. The summed E-state index contributed by atoms with van der Waals surface area (Å²) in [7, 11) is 1.50. The number of carbonyl (C=O) groups excluding carboxylic acids is 1. The average molecular weight is 281 g/mol. The topological polar surface area (TPSA) is 59.2 Å². The summed E-state index contributed by atoms with van der Waals surface area (Å²) in [6.45, 7) is 3.68. The second-order valence-electron chi connectivity index (χ2n) is 4.45. The summed E-state index contributed by atoms with van der Waals surface area (Å²) in [6.07, 6.45) is 0.806. The second kappa shape index (κ2) is 5.36. The van der Waals surface area contributed by atoms with Gasteiger partial charge < -0.3 is 9.42 Å². The number of rotatable bonds is 3. The van der Waals surface area contributed by atoms with E-state index in [1.165, 1.54) is 11.9 Å². The molecule has 7 heteroatoms. The standard InChI is InChI=1S/C13H13F2N3O2/c1-7-10(8(2)20-17-7)6-18(3)13(19)12-11(15)4-9(14)5-16-12/h4-5H,6H2,1-3H3. The van der Waals surface area contributed by atoms with E-state index >= 15 is 0 Å². The van der Waals surface area contributed by atoms with Gasteiger partial charge in [0.1, 0.15) is 11.6 Å². The van der Waals surface area contributed by atoms with Crippen molar-refractivity contribution in [2.45, 2.75) is 20.4 Å². The average Bonchev–Trinajstić information content (AvgIpc) is 2.70. The molecule has 0 radical (unpaired) electrons. The van der Waals surface area contributed by atoms with Gasteiger partial charge in [-0.3, -0.25) is 4.79 Å². The van der Waals surface area contributed by atoms with Crippen LogP contribution in [0.25, 0.3) is 0 Å². The van der Waals surface area contributed by atoms with E-state index in [-0.39, 0.29) is 6.54 Å². The van der Waals surface area contributed by atoms with Crippen LogP contribution in [0.1, 0.15) is 27.5 Å². The van der Waals surface area contributed by atoms with E-state index < -0.39 is 23.2 Å². The van der Waals surface area contributed by atoms with Crippen LogP contribution in [0.15, 0.2) is 16.8 Å². The molecule has 0 aliphatic carbocycles. The Balaban J connectivity index is 2.21. The van der Waals surface area contributed by atoms with Crippen molar-refractivity contribution in [3.63, 3.8) is 0 Å². The molecule has 0 spiro atoms. The molecule has 5 nitrogen and oxygen atoms in total.